The molecule has 2 unspecified atom stereocenters. The zero-order valence-corrected chi connectivity index (χ0v) is 29.2. The molecule has 0 radical (unpaired) electrons. The van der Waals surface area contributed by atoms with Gasteiger partial charge in [-0.25, -0.2) is 9.97 Å². The number of benzene rings is 1. The number of hydrogen-bond donors (Lipinski definition) is 6. The van der Waals surface area contributed by atoms with Crippen LogP contribution in [0.3, 0.4) is 0 Å². The first kappa shape index (κ1) is 40.0. The summed E-state index contributed by atoms with van der Waals surface area (Å²) in [6.45, 7) is -0.152. The van der Waals surface area contributed by atoms with Crippen LogP contribution in [0.2, 0.25) is 0 Å². The smallest absolute Gasteiger partial charge is 0.388 e. The number of aliphatic hydroxyl groups excluding tert-OH is 4. The standard InChI is InChI=1S/C36H44F6N6O6/c37-35(38,39)27-13-43-15-29(47-27)45-23-17-53-25(33(51)31(23)49)10-6-20-5-7-21(22(12-20)8-4-19-2-1-3-19)9-11-26-34(52)32(50)24(18-54-26)46-30-16-44-14-28(48-30)36(40,41)42/h5,7,12-16,19,23-26,31-34,49-52H,1-4,6,8-11,17-18H2,(H,45,47)(H,46,48)/t23-,24-,25?,26?,31+,32+,33-,34-/m0/s1. The zero-order valence-electron chi connectivity index (χ0n) is 29.2. The van der Waals surface area contributed by atoms with Crippen LogP contribution in [0.1, 0.15) is 66.6 Å². The predicted octanol–water partition coefficient (Wildman–Crippen LogP) is 4.10. The molecular weight excluding hydrogens is 726 g/mol. The van der Waals surface area contributed by atoms with Gasteiger partial charge in [0.1, 0.15) is 36.1 Å². The van der Waals surface area contributed by atoms with Crippen molar-refractivity contribution in [1.82, 2.24) is 19.9 Å². The molecule has 2 saturated heterocycles. The van der Waals surface area contributed by atoms with Crippen LogP contribution >= 0.6 is 0 Å². The molecule has 12 nitrogen and oxygen atoms in total. The van der Waals surface area contributed by atoms with Crippen molar-refractivity contribution in [2.45, 2.75) is 119 Å². The summed E-state index contributed by atoms with van der Waals surface area (Å²) in [5, 5.41) is 48.8. The van der Waals surface area contributed by atoms with Gasteiger partial charge in [-0.05, 0) is 61.1 Å². The van der Waals surface area contributed by atoms with Crippen LogP contribution in [0.5, 0.6) is 0 Å². The Morgan fingerprint density at radius 3 is 1.61 bits per heavy atom. The van der Waals surface area contributed by atoms with Gasteiger partial charge in [-0.15, -0.1) is 0 Å². The molecular formula is C36H44F6N6O6. The molecule has 3 aliphatic rings. The minimum atomic E-state index is -4.69. The van der Waals surface area contributed by atoms with Gasteiger partial charge in [-0.2, -0.15) is 26.3 Å². The maximum atomic E-state index is 13.1. The van der Waals surface area contributed by atoms with Gasteiger partial charge in [-0.3, -0.25) is 9.97 Å². The number of aliphatic hydroxyl groups is 4. The lowest BCUT2D eigenvalue weighted by Gasteiger charge is -2.38. The second-order valence-corrected chi connectivity index (χ2v) is 14.3. The first-order chi connectivity index (χ1) is 25.7. The Kier molecular flexibility index (Phi) is 12.6. The van der Waals surface area contributed by atoms with Crippen LogP contribution in [0, 0.1) is 5.92 Å². The molecule has 0 amide bonds. The van der Waals surface area contributed by atoms with Gasteiger partial charge in [0.15, 0.2) is 11.4 Å². The van der Waals surface area contributed by atoms with Crippen molar-refractivity contribution in [3.05, 3.63) is 71.1 Å². The van der Waals surface area contributed by atoms with Gasteiger partial charge in [0.25, 0.3) is 0 Å². The summed E-state index contributed by atoms with van der Waals surface area (Å²) in [7, 11) is 0. The summed E-state index contributed by atoms with van der Waals surface area (Å²) in [6.07, 6.45) is -5.49. The summed E-state index contributed by atoms with van der Waals surface area (Å²) >= 11 is 0. The number of alkyl halides is 6. The number of aromatic nitrogens is 4. The number of nitrogens with zero attached hydrogens (tertiary/aromatic N) is 4. The molecule has 0 bridgehead atoms. The average Bonchev–Trinajstić information content (AvgIpc) is 3.11. The van der Waals surface area contributed by atoms with Crippen molar-refractivity contribution < 1.29 is 56.2 Å². The summed E-state index contributed by atoms with van der Waals surface area (Å²) in [6, 6.07) is 4.26. The molecule has 3 aromatic rings. The number of anilines is 2. The molecule has 1 aromatic carbocycles. The fraction of sp³-hybridized carbons (Fsp3) is 0.611. The lowest BCUT2D eigenvalue weighted by Crippen LogP contribution is -2.55. The molecule has 2 aromatic heterocycles. The topological polar surface area (TPSA) is 175 Å². The van der Waals surface area contributed by atoms with Crippen molar-refractivity contribution in [1.29, 1.82) is 0 Å². The summed E-state index contributed by atoms with van der Waals surface area (Å²) < 4.78 is 90.1. The fourth-order valence-electron chi connectivity index (χ4n) is 7.11. The average molecular weight is 771 g/mol. The number of hydrogen-bond acceptors (Lipinski definition) is 12. The van der Waals surface area contributed by atoms with Crippen molar-refractivity contribution in [3.63, 3.8) is 0 Å². The van der Waals surface area contributed by atoms with Crippen LogP contribution in [0.25, 0.3) is 0 Å². The Hall–Kier alpha value is -3.68. The monoisotopic (exact) mass is 770 g/mol. The Bertz CT molecular complexity index is 1700. The van der Waals surface area contributed by atoms with Crippen LogP contribution in [0.15, 0.2) is 43.0 Å². The van der Waals surface area contributed by atoms with Crippen molar-refractivity contribution in [2.75, 3.05) is 23.8 Å². The second-order valence-electron chi connectivity index (χ2n) is 14.3. The van der Waals surface area contributed by atoms with E-state index in [0.29, 0.717) is 44.0 Å². The fourth-order valence-corrected chi connectivity index (χ4v) is 7.11. The third-order valence-electron chi connectivity index (χ3n) is 10.5. The number of halogens is 6. The molecule has 6 rings (SSSR count). The quantitative estimate of drug-likeness (QED) is 0.138. The molecule has 54 heavy (non-hydrogen) atoms. The number of rotatable bonds is 13. The largest absolute Gasteiger partial charge is 0.434 e. The maximum absolute atomic E-state index is 13.1. The Morgan fingerprint density at radius 1 is 0.630 bits per heavy atom. The first-order valence-corrected chi connectivity index (χ1v) is 18.0. The van der Waals surface area contributed by atoms with Gasteiger partial charge < -0.3 is 40.5 Å². The van der Waals surface area contributed by atoms with E-state index in [1.807, 2.05) is 12.1 Å². The highest BCUT2D eigenvalue weighted by molar-refractivity contribution is 5.36. The predicted molar refractivity (Wildman–Crippen MR) is 181 cm³/mol. The maximum Gasteiger partial charge on any atom is 0.434 e. The highest BCUT2D eigenvalue weighted by Crippen LogP contribution is 2.33. The van der Waals surface area contributed by atoms with Crippen molar-refractivity contribution in [2.24, 2.45) is 5.92 Å². The molecule has 6 N–H and O–H groups in total. The third-order valence-corrected chi connectivity index (χ3v) is 10.5. The molecule has 3 fully saturated rings. The van der Waals surface area contributed by atoms with E-state index in [1.165, 1.54) is 19.3 Å². The molecule has 0 spiro atoms. The van der Waals surface area contributed by atoms with Gasteiger partial charge >= 0.3 is 12.4 Å². The minimum Gasteiger partial charge on any atom is -0.388 e. The van der Waals surface area contributed by atoms with Crippen LogP contribution in [0.4, 0.5) is 38.0 Å². The van der Waals surface area contributed by atoms with E-state index < -0.39 is 72.4 Å². The molecule has 18 heteroatoms. The Morgan fingerprint density at radius 2 is 1.13 bits per heavy atom. The second kappa shape index (κ2) is 17.0. The molecule has 4 heterocycles. The lowest BCUT2D eigenvalue weighted by molar-refractivity contribution is -0.143. The van der Waals surface area contributed by atoms with Gasteiger partial charge in [0, 0.05) is 0 Å². The number of ether oxygens (including phenoxy) is 2. The molecule has 1 saturated carbocycles. The van der Waals surface area contributed by atoms with Crippen LogP contribution in [-0.2, 0) is 41.1 Å². The van der Waals surface area contributed by atoms with E-state index in [-0.39, 0.29) is 24.8 Å². The van der Waals surface area contributed by atoms with E-state index in [4.69, 9.17) is 9.47 Å². The van der Waals surface area contributed by atoms with Gasteiger partial charge in [0.2, 0.25) is 0 Å². The highest BCUT2D eigenvalue weighted by Gasteiger charge is 2.41. The SMILES string of the molecule is O[C@@H]1[C@@H](Nc2cncc(C(F)(F)F)n2)COC(CCc2ccc(CCC3OC[C@H](Nc4cncc(C(F)(F)F)n4)[C@@H](O)[C@H]3O)c(CCC3CCC3)c2)[C@@H]1O. The van der Waals surface area contributed by atoms with Crippen LogP contribution in [-0.4, -0.2) is 102 Å². The van der Waals surface area contributed by atoms with Gasteiger partial charge in [0.05, 0.1) is 62.3 Å². The lowest BCUT2D eigenvalue weighted by atomic mass is 9.80. The van der Waals surface area contributed by atoms with E-state index in [0.717, 1.165) is 41.9 Å². The van der Waals surface area contributed by atoms with Crippen molar-refractivity contribution in [3.8, 4) is 0 Å². The van der Waals surface area contributed by atoms with E-state index in [9.17, 15) is 46.8 Å². The van der Waals surface area contributed by atoms with E-state index in [1.54, 1.807) is 0 Å². The Labute approximate surface area is 307 Å². The molecule has 1 aliphatic carbocycles. The summed E-state index contributed by atoms with van der Waals surface area (Å²) in [4.78, 5) is 14.1. The molecule has 2 aliphatic heterocycles. The first-order valence-electron chi connectivity index (χ1n) is 18.0. The van der Waals surface area contributed by atoms with Gasteiger partial charge in [-0.1, -0.05) is 37.5 Å². The van der Waals surface area contributed by atoms with E-state index >= 15 is 0 Å². The Balaban J connectivity index is 1.03. The number of nitrogens with one attached hydrogen (secondary N) is 2. The summed E-state index contributed by atoms with van der Waals surface area (Å²) in [5.41, 5.74) is 0.796. The van der Waals surface area contributed by atoms with E-state index in [2.05, 4.69) is 36.6 Å². The number of aryl methyl sites for hydroxylation is 3. The third kappa shape index (κ3) is 9.94. The normalized spacial score (nSPS) is 28.0. The summed E-state index contributed by atoms with van der Waals surface area (Å²) in [5.74, 6) is 0.247. The zero-order chi connectivity index (χ0) is 38.6. The van der Waals surface area contributed by atoms with Crippen molar-refractivity contribution >= 4 is 11.6 Å². The highest BCUT2D eigenvalue weighted by atomic mass is 19.4. The molecule has 8 atom stereocenters. The minimum absolute atomic E-state index is 0.0752. The molecule has 296 valence electrons. The van der Waals surface area contributed by atoms with Crippen LogP contribution < -0.4 is 10.6 Å².